The summed E-state index contributed by atoms with van der Waals surface area (Å²) < 4.78 is 0. The normalized spacial score (nSPS) is 19.9. The molecule has 1 aliphatic heterocycles. The number of amides is 1. The highest BCUT2D eigenvalue weighted by molar-refractivity contribution is 6.33. The van der Waals surface area contributed by atoms with Gasteiger partial charge in [0.15, 0.2) is 0 Å². The van der Waals surface area contributed by atoms with Gasteiger partial charge in [-0.15, -0.1) is 0 Å². The number of nitrogens with zero attached hydrogens (tertiary/aromatic N) is 3. The summed E-state index contributed by atoms with van der Waals surface area (Å²) in [6, 6.07) is 0. The van der Waals surface area contributed by atoms with Crippen LogP contribution in [-0.4, -0.2) is 47.2 Å². The molecule has 1 amide bonds. The number of piperazine rings is 1. The van der Waals surface area contributed by atoms with E-state index in [1.807, 2.05) is 9.80 Å². The zero-order chi connectivity index (χ0) is 16.2. The van der Waals surface area contributed by atoms with E-state index >= 15 is 0 Å². The Morgan fingerprint density at radius 2 is 1.91 bits per heavy atom. The summed E-state index contributed by atoms with van der Waals surface area (Å²) in [4.78, 5) is 27.9. The lowest BCUT2D eigenvalue weighted by molar-refractivity contribution is -0.132. The molecule has 0 unspecified atom stereocenters. The zero-order valence-electron chi connectivity index (χ0n) is 13.3. The van der Waals surface area contributed by atoms with Gasteiger partial charge in [-0.1, -0.05) is 30.9 Å². The van der Waals surface area contributed by atoms with Gasteiger partial charge in [-0.3, -0.25) is 9.59 Å². The SMILES string of the molecule is O=C(CC1CCCCC1)N1CCN(c2cn[nH]c(=O)c2Cl)CC1. The average Bonchev–Trinajstić information content (AvgIpc) is 2.58. The number of aromatic nitrogens is 2. The summed E-state index contributed by atoms with van der Waals surface area (Å²) in [5.41, 5.74) is 0.273. The largest absolute Gasteiger partial charge is 0.365 e. The molecule has 1 aromatic rings. The molecule has 0 radical (unpaired) electrons. The molecule has 23 heavy (non-hydrogen) atoms. The molecule has 1 aromatic heterocycles. The molecule has 1 saturated carbocycles. The van der Waals surface area contributed by atoms with Crippen LogP contribution < -0.4 is 10.5 Å². The molecule has 2 heterocycles. The number of carbonyl (C=O) groups excluding carboxylic acids is 1. The molecule has 0 bridgehead atoms. The minimum absolute atomic E-state index is 0.169. The van der Waals surface area contributed by atoms with Gasteiger partial charge < -0.3 is 9.80 Å². The van der Waals surface area contributed by atoms with E-state index in [1.165, 1.54) is 32.1 Å². The van der Waals surface area contributed by atoms with Crippen LogP contribution >= 0.6 is 11.6 Å². The van der Waals surface area contributed by atoms with Crippen LogP contribution in [0.2, 0.25) is 5.02 Å². The maximum Gasteiger partial charge on any atom is 0.285 e. The Kier molecular flexibility index (Phi) is 5.20. The van der Waals surface area contributed by atoms with E-state index in [0.29, 0.717) is 44.2 Å². The standard InChI is InChI=1S/C16H23ClN4O2/c17-15-13(11-18-19-16(15)23)20-6-8-21(9-7-20)14(22)10-12-4-2-1-3-5-12/h11-12H,1-10H2,(H,19,23). The number of anilines is 1. The monoisotopic (exact) mass is 338 g/mol. The lowest BCUT2D eigenvalue weighted by Crippen LogP contribution is -2.49. The first-order valence-electron chi connectivity index (χ1n) is 8.41. The van der Waals surface area contributed by atoms with Crippen LogP contribution in [0.1, 0.15) is 38.5 Å². The van der Waals surface area contributed by atoms with Crippen LogP contribution in [0.5, 0.6) is 0 Å². The molecule has 0 aromatic carbocycles. The Hall–Kier alpha value is -1.56. The van der Waals surface area contributed by atoms with Crippen molar-refractivity contribution in [2.75, 3.05) is 31.1 Å². The van der Waals surface area contributed by atoms with Crippen molar-refractivity contribution >= 4 is 23.2 Å². The fourth-order valence-corrected chi connectivity index (χ4v) is 3.77. The van der Waals surface area contributed by atoms with E-state index in [2.05, 4.69) is 10.2 Å². The minimum Gasteiger partial charge on any atom is -0.365 e. The van der Waals surface area contributed by atoms with Crippen LogP contribution in [0, 0.1) is 5.92 Å². The highest BCUT2D eigenvalue weighted by Gasteiger charge is 2.25. The smallest absolute Gasteiger partial charge is 0.285 e. The number of halogens is 1. The Balaban J connectivity index is 1.54. The van der Waals surface area contributed by atoms with Crippen molar-refractivity contribution in [2.24, 2.45) is 5.92 Å². The first-order chi connectivity index (χ1) is 11.1. The first kappa shape index (κ1) is 16.3. The van der Waals surface area contributed by atoms with Crippen molar-refractivity contribution in [1.29, 1.82) is 0 Å². The molecule has 1 N–H and O–H groups in total. The molecule has 0 spiro atoms. The van der Waals surface area contributed by atoms with Crippen molar-refractivity contribution < 1.29 is 4.79 Å². The summed E-state index contributed by atoms with van der Waals surface area (Å²) in [5.74, 6) is 0.840. The van der Waals surface area contributed by atoms with Gasteiger partial charge in [0.2, 0.25) is 5.91 Å². The number of hydrogen-bond donors (Lipinski definition) is 1. The third kappa shape index (κ3) is 3.86. The van der Waals surface area contributed by atoms with Gasteiger partial charge in [-0.05, 0) is 18.8 Å². The van der Waals surface area contributed by atoms with Crippen molar-refractivity contribution in [2.45, 2.75) is 38.5 Å². The predicted octanol–water partition coefficient (Wildman–Crippen LogP) is 2.04. The van der Waals surface area contributed by atoms with Gasteiger partial charge in [-0.2, -0.15) is 5.10 Å². The van der Waals surface area contributed by atoms with Crippen molar-refractivity contribution in [3.63, 3.8) is 0 Å². The van der Waals surface area contributed by atoms with E-state index in [0.717, 1.165) is 0 Å². The Morgan fingerprint density at radius 1 is 1.22 bits per heavy atom. The van der Waals surface area contributed by atoms with E-state index in [4.69, 9.17) is 11.6 Å². The van der Waals surface area contributed by atoms with Crippen LogP contribution in [0.3, 0.4) is 0 Å². The highest BCUT2D eigenvalue weighted by Crippen LogP contribution is 2.27. The summed E-state index contributed by atoms with van der Waals surface area (Å²) in [6.45, 7) is 2.71. The van der Waals surface area contributed by atoms with Gasteiger partial charge in [0.05, 0.1) is 11.9 Å². The second-order valence-corrected chi connectivity index (χ2v) is 6.85. The molecule has 6 nitrogen and oxygen atoms in total. The van der Waals surface area contributed by atoms with Crippen LogP contribution in [0.4, 0.5) is 5.69 Å². The summed E-state index contributed by atoms with van der Waals surface area (Å²) in [5, 5.41) is 6.30. The topological polar surface area (TPSA) is 69.3 Å². The van der Waals surface area contributed by atoms with E-state index in [1.54, 1.807) is 6.20 Å². The summed E-state index contributed by atoms with van der Waals surface area (Å²) in [7, 11) is 0. The van der Waals surface area contributed by atoms with Gasteiger partial charge in [0.25, 0.3) is 5.56 Å². The number of rotatable bonds is 3. The molecule has 2 fully saturated rings. The molecular weight excluding hydrogens is 316 g/mol. The molecule has 1 saturated heterocycles. The van der Waals surface area contributed by atoms with Crippen LogP contribution in [0.15, 0.2) is 11.0 Å². The quantitative estimate of drug-likeness (QED) is 0.915. The highest BCUT2D eigenvalue weighted by atomic mass is 35.5. The molecule has 7 heteroatoms. The zero-order valence-corrected chi connectivity index (χ0v) is 14.0. The lowest BCUT2D eigenvalue weighted by atomic mass is 9.86. The molecule has 3 rings (SSSR count). The maximum atomic E-state index is 12.4. The number of nitrogens with one attached hydrogen (secondary N) is 1. The van der Waals surface area contributed by atoms with Gasteiger partial charge in [-0.25, -0.2) is 5.10 Å². The lowest BCUT2D eigenvalue weighted by Gasteiger charge is -2.36. The molecular formula is C16H23ClN4O2. The van der Waals surface area contributed by atoms with Gasteiger partial charge in [0, 0.05) is 32.6 Å². The number of hydrogen-bond acceptors (Lipinski definition) is 4. The number of carbonyl (C=O) groups is 1. The maximum absolute atomic E-state index is 12.4. The van der Waals surface area contributed by atoms with Gasteiger partial charge in [0.1, 0.15) is 5.02 Å². The van der Waals surface area contributed by atoms with E-state index in [9.17, 15) is 9.59 Å². The Bertz CT molecular complexity index is 604. The van der Waals surface area contributed by atoms with Crippen molar-refractivity contribution in [1.82, 2.24) is 15.1 Å². The van der Waals surface area contributed by atoms with Crippen LogP contribution in [0.25, 0.3) is 0 Å². The molecule has 126 valence electrons. The summed E-state index contributed by atoms with van der Waals surface area (Å²) in [6.07, 6.45) is 8.49. The average molecular weight is 339 g/mol. The minimum atomic E-state index is -0.375. The Morgan fingerprint density at radius 3 is 2.61 bits per heavy atom. The third-order valence-corrected chi connectivity index (χ3v) is 5.30. The van der Waals surface area contributed by atoms with Crippen LogP contribution in [-0.2, 0) is 4.79 Å². The summed E-state index contributed by atoms with van der Waals surface area (Å²) >= 11 is 6.05. The Labute approximate surface area is 140 Å². The van der Waals surface area contributed by atoms with E-state index < -0.39 is 0 Å². The van der Waals surface area contributed by atoms with Crippen molar-refractivity contribution in [3.8, 4) is 0 Å². The predicted molar refractivity (Wildman–Crippen MR) is 89.9 cm³/mol. The number of H-pyrrole nitrogens is 1. The number of aromatic amines is 1. The molecule has 1 aliphatic carbocycles. The second-order valence-electron chi connectivity index (χ2n) is 6.47. The molecule has 2 aliphatic rings. The third-order valence-electron chi connectivity index (χ3n) is 4.94. The fraction of sp³-hybridized carbons (Fsp3) is 0.688. The first-order valence-corrected chi connectivity index (χ1v) is 8.79. The van der Waals surface area contributed by atoms with Crippen molar-refractivity contribution in [3.05, 3.63) is 21.6 Å². The van der Waals surface area contributed by atoms with Gasteiger partial charge >= 0.3 is 0 Å². The fourth-order valence-electron chi connectivity index (χ4n) is 3.56. The van der Waals surface area contributed by atoms with E-state index in [-0.39, 0.29) is 16.5 Å². The second kappa shape index (κ2) is 7.34. The molecule has 0 atom stereocenters.